The van der Waals surface area contributed by atoms with Crippen molar-refractivity contribution < 1.29 is 9.63 Å². The Morgan fingerprint density at radius 2 is 2.05 bits per heavy atom. The fourth-order valence-corrected chi connectivity index (χ4v) is 2.07. The number of aromatic hydroxyl groups is 1. The molecule has 0 radical (unpaired) electrons. The summed E-state index contributed by atoms with van der Waals surface area (Å²) in [4.78, 5) is 8.55. The molecule has 6 heteroatoms. The molecule has 0 unspecified atom stereocenters. The lowest BCUT2D eigenvalue weighted by atomic mass is 10.1. The Morgan fingerprint density at radius 1 is 1.20 bits per heavy atom. The number of benzene rings is 1. The summed E-state index contributed by atoms with van der Waals surface area (Å²) in [7, 11) is 0. The molecule has 100 valence electrons. The van der Waals surface area contributed by atoms with Gasteiger partial charge in [0.1, 0.15) is 11.4 Å². The number of phenols is 1. The van der Waals surface area contributed by atoms with Gasteiger partial charge >= 0.3 is 0 Å². The molecule has 3 aromatic rings. The highest BCUT2D eigenvalue weighted by atomic mass is 79.9. The van der Waals surface area contributed by atoms with Crippen LogP contribution in [0.4, 0.5) is 0 Å². The normalized spacial score (nSPS) is 10.7. The van der Waals surface area contributed by atoms with Crippen LogP contribution < -0.4 is 0 Å². The number of halogens is 1. The third-order valence-electron chi connectivity index (χ3n) is 2.82. The zero-order chi connectivity index (χ0) is 14.1. The van der Waals surface area contributed by atoms with E-state index in [0.29, 0.717) is 17.4 Å². The lowest BCUT2D eigenvalue weighted by molar-refractivity contribution is 0.431. The lowest BCUT2D eigenvalue weighted by Gasteiger charge is -2.00. The number of pyridine rings is 1. The number of aromatic nitrogens is 3. The molecular formula is C14H10BrN3O2. The van der Waals surface area contributed by atoms with Crippen LogP contribution in [0.1, 0.15) is 5.56 Å². The second kappa shape index (κ2) is 5.05. The molecule has 5 nitrogen and oxygen atoms in total. The van der Waals surface area contributed by atoms with Gasteiger partial charge in [-0.2, -0.15) is 4.98 Å². The van der Waals surface area contributed by atoms with E-state index >= 15 is 0 Å². The largest absolute Gasteiger partial charge is 0.508 e. The van der Waals surface area contributed by atoms with Gasteiger partial charge in [0, 0.05) is 16.2 Å². The van der Waals surface area contributed by atoms with Crippen molar-refractivity contribution in [3.8, 4) is 28.7 Å². The highest BCUT2D eigenvalue weighted by molar-refractivity contribution is 9.10. The number of hydrogen-bond acceptors (Lipinski definition) is 5. The predicted octanol–water partition coefficient (Wildman–Crippen LogP) is 3.58. The monoisotopic (exact) mass is 331 g/mol. The SMILES string of the molecule is Cc1cc(O)ccc1-c1nc(-c2ccc(Br)cn2)no1. The van der Waals surface area contributed by atoms with Crippen molar-refractivity contribution in [1.29, 1.82) is 0 Å². The smallest absolute Gasteiger partial charge is 0.258 e. The van der Waals surface area contributed by atoms with Crippen molar-refractivity contribution >= 4 is 15.9 Å². The van der Waals surface area contributed by atoms with Gasteiger partial charge in [0.25, 0.3) is 5.89 Å². The second-order valence-corrected chi connectivity index (χ2v) is 5.20. The summed E-state index contributed by atoms with van der Waals surface area (Å²) < 4.78 is 6.15. The second-order valence-electron chi connectivity index (χ2n) is 4.28. The van der Waals surface area contributed by atoms with Crippen LogP contribution >= 0.6 is 15.9 Å². The summed E-state index contributed by atoms with van der Waals surface area (Å²) in [5, 5.41) is 13.3. The molecule has 0 amide bonds. The first-order valence-corrected chi connectivity index (χ1v) is 6.68. The van der Waals surface area contributed by atoms with E-state index in [1.54, 1.807) is 24.4 Å². The summed E-state index contributed by atoms with van der Waals surface area (Å²) >= 11 is 3.33. The van der Waals surface area contributed by atoms with Crippen LogP contribution in [0.15, 0.2) is 45.5 Å². The zero-order valence-corrected chi connectivity index (χ0v) is 12.1. The molecule has 0 atom stereocenters. The van der Waals surface area contributed by atoms with Gasteiger partial charge in [-0.15, -0.1) is 0 Å². The Bertz CT molecular complexity index is 753. The molecule has 1 aromatic carbocycles. The maximum Gasteiger partial charge on any atom is 0.258 e. The lowest BCUT2D eigenvalue weighted by Crippen LogP contribution is -1.86. The molecule has 2 heterocycles. The number of hydrogen-bond donors (Lipinski definition) is 1. The van der Waals surface area contributed by atoms with Crippen LogP contribution in [0, 0.1) is 6.92 Å². The third kappa shape index (κ3) is 2.42. The first-order chi connectivity index (χ1) is 9.63. The Kier molecular flexibility index (Phi) is 3.23. The predicted molar refractivity (Wildman–Crippen MR) is 77.1 cm³/mol. The highest BCUT2D eigenvalue weighted by Gasteiger charge is 2.13. The van der Waals surface area contributed by atoms with E-state index in [1.165, 1.54) is 0 Å². The van der Waals surface area contributed by atoms with Gasteiger partial charge in [-0.1, -0.05) is 5.16 Å². The molecule has 0 aliphatic rings. The summed E-state index contributed by atoms with van der Waals surface area (Å²) in [6.07, 6.45) is 1.68. The molecule has 3 rings (SSSR count). The maximum absolute atomic E-state index is 9.41. The van der Waals surface area contributed by atoms with Crippen LogP contribution in [-0.2, 0) is 0 Å². The Labute approximate surface area is 123 Å². The van der Waals surface area contributed by atoms with E-state index in [4.69, 9.17) is 4.52 Å². The summed E-state index contributed by atoms with van der Waals surface area (Å²) in [5.74, 6) is 1.04. The fourth-order valence-electron chi connectivity index (χ4n) is 1.83. The van der Waals surface area contributed by atoms with E-state index in [9.17, 15) is 5.11 Å². The Hall–Kier alpha value is -2.21. The quantitative estimate of drug-likeness (QED) is 0.777. The van der Waals surface area contributed by atoms with Gasteiger partial charge in [0.15, 0.2) is 0 Å². The van der Waals surface area contributed by atoms with E-state index in [2.05, 4.69) is 31.1 Å². The van der Waals surface area contributed by atoms with Gasteiger partial charge in [0.2, 0.25) is 5.82 Å². The van der Waals surface area contributed by atoms with Gasteiger partial charge in [-0.25, -0.2) is 0 Å². The standard InChI is InChI=1S/C14H10BrN3O2/c1-8-6-10(19)3-4-11(8)14-17-13(18-20-14)12-5-2-9(15)7-16-12/h2-7,19H,1H3. The first kappa shape index (κ1) is 12.8. The topological polar surface area (TPSA) is 72.0 Å². The van der Waals surface area contributed by atoms with Crippen LogP contribution in [0.5, 0.6) is 5.75 Å². The molecule has 0 spiro atoms. The minimum Gasteiger partial charge on any atom is -0.508 e. The Balaban J connectivity index is 1.99. The van der Waals surface area contributed by atoms with E-state index in [0.717, 1.165) is 15.6 Å². The summed E-state index contributed by atoms with van der Waals surface area (Å²) in [6.45, 7) is 1.87. The molecular weight excluding hydrogens is 322 g/mol. The van der Waals surface area contributed by atoms with Crippen molar-refractivity contribution in [3.63, 3.8) is 0 Å². The van der Waals surface area contributed by atoms with Gasteiger partial charge < -0.3 is 9.63 Å². The molecule has 0 aliphatic heterocycles. The third-order valence-corrected chi connectivity index (χ3v) is 3.29. The van der Waals surface area contributed by atoms with Crippen molar-refractivity contribution in [2.24, 2.45) is 0 Å². The first-order valence-electron chi connectivity index (χ1n) is 5.89. The van der Waals surface area contributed by atoms with Crippen LogP contribution in [0.25, 0.3) is 23.0 Å². The Morgan fingerprint density at radius 3 is 2.75 bits per heavy atom. The number of nitrogens with zero attached hydrogens (tertiary/aromatic N) is 3. The molecule has 0 saturated heterocycles. The molecule has 2 aromatic heterocycles. The fraction of sp³-hybridized carbons (Fsp3) is 0.0714. The van der Waals surface area contributed by atoms with E-state index in [1.807, 2.05) is 19.1 Å². The average molecular weight is 332 g/mol. The summed E-state index contributed by atoms with van der Waals surface area (Å²) in [6, 6.07) is 8.66. The number of rotatable bonds is 2. The average Bonchev–Trinajstić information content (AvgIpc) is 2.89. The van der Waals surface area contributed by atoms with Crippen LogP contribution in [0.3, 0.4) is 0 Å². The maximum atomic E-state index is 9.41. The molecule has 0 aliphatic carbocycles. The molecule has 0 bridgehead atoms. The van der Waals surface area contributed by atoms with E-state index < -0.39 is 0 Å². The summed E-state index contributed by atoms with van der Waals surface area (Å²) in [5.41, 5.74) is 2.29. The van der Waals surface area contributed by atoms with Crippen molar-refractivity contribution in [2.75, 3.05) is 0 Å². The van der Waals surface area contributed by atoms with Crippen molar-refractivity contribution in [2.45, 2.75) is 6.92 Å². The molecule has 0 fully saturated rings. The minimum absolute atomic E-state index is 0.209. The van der Waals surface area contributed by atoms with Gasteiger partial charge in [-0.3, -0.25) is 4.98 Å². The van der Waals surface area contributed by atoms with Crippen molar-refractivity contribution in [1.82, 2.24) is 15.1 Å². The van der Waals surface area contributed by atoms with E-state index in [-0.39, 0.29) is 5.75 Å². The zero-order valence-electron chi connectivity index (χ0n) is 10.5. The number of phenolic OH excluding ortho intramolecular Hbond substituents is 1. The molecule has 0 saturated carbocycles. The van der Waals surface area contributed by atoms with Crippen molar-refractivity contribution in [3.05, 3.63) is 46.6 Å². The van der Waals surface area contributed by atoms with Gasteiger partial charge in [-0.05, 0) is 58.7 Å². The molecule has 20 heavy (non-hydrogen) atoms. The van der Waals surface area contributed by atoms with Crippen LogP contribution in [-0.4, -0.2) is 20.2 Å². The van der Waals surface area contributed by atoms with Gasteiger partial charge in [0.05, 0.1) is 0 Å². The molecule has 1 N–H and O–H groups in total. The van der Waals surface area contributed by atoms with Crippen LogP contribution in [0.2, 0.25) is 0 Å². The minimum atomic E-state index is 0.209. The number of aryl methyl sites for hydroxylation is 1. The highest BCUT2D eigenvalue weighted by Crippen LogP contribution is 2.26.